The number of carbonyl (C=O) groups is 1. The van der Waals surface area contributed by atoms with E-state index in [0.717, 1.165) is 5.56 Å². The number of amides is 1. The molecule has 2 aromatic rings. The van der Waals surface area contributed by atoms with Crippen LogP contribution in [0.3, 0.4) is 0 Å². The molecule has 0 saturated heterocycles. The number of anilines is 1. The Kier molecular flexibility index (Phi) is 4.25. The number of para-hydroxylation sites is 1. The normalized spacial score (nSPS) is 11.9. The van der Waals surface area contributed by atoms with Crippen molar-refractivity contribution in [2.75, 3.05) is 5.73 Å². The molecule has 3 N–H and O–H groups in total. The fourth-order valence-electron chi connectivity index (χ4n) is 1.84. The van der Waals surface area contributed by atoms with Crippen molar-refractivity contribution in [1.82, 2.24) is 5.32 Å². The summed E-state index contributed by atoms with van der Waals surface area (Å²) in [7, 11) is 0. The molecule has 0 heterocycles. The van der Waals surface area contributed by atoms with Gasteiger partial charge in [-0.25, -0.2) is 4.39 Å². The van der Waals surface area contributed by atoms with E-state index in [-0.39, 0.29) is 17.3 Å². The number of rotatable bonds is 3. The van der Waals surface area contributed by atoms with Gasteiger partial charge in [-0.2, -0.15) is 0 Å². The molecule has 0 spiro atoms. The third kappa shape index (κ3) is 3.08. The van der Waals surface area contributed by atoms with Gasteiger partial charge in [0.1, 0.15) is 5.82 Å². The summed E-state index contributed by atoms with van der Waals surface area (Å²) in [5, 5.41) is 3.40. The first-order chi connectivity index (χ1) is 9.49. The lowest BCUT2D eigenvalue weighted by atomic mass is 10.1. The number of hydrogen-bond acceptors (Lipinski definition) is 2. The van der Waals surface area contributed by atoms with E-state index in [1.807, 2.05) is 19.1 Å². The minimum absolute atomic E-state index is 0.130. The van der Waals surface area contributed by atoms with Crippen LogP contribution in [0.4, 0.5) is 10.1 Å². The molecule has 0 aliphatic carbocycles. The average molecular weight is 293 g/mol. The lowest BCUT2D eigenvalue weighted by Crippen LogP contribution is -2.27. The number of hydrogen-bond donors (Lipinski definition) is 2. The molecule has 1 atom stereocenters. The van der Waals surface area contributed by atoms with Gasteiger partial charge in [0.05, 0.1) is 17.3 Å². The van der Waals surface area contributed by atoms with Gasteiger partial charge in [0, 0.05) is 5.02 Å². The van der Waals surface area contributed by atoms with Crippen LogP contribution in [0.25, 0.3) is 0 Å². The molecular formula is C15H14ClFN2O. The topological polar surface area (TPSA) is 55.1 Å². The van der Waals surface area contributed by atoms with Gasteiger partial charge < -0.3 is 11.1 Å². The predicted octanol–water partition coefficient (Wildman–Crippen LogP) is 3.55. The predicted molar refractivity (Wildman–Crippen MR) is 78.1 cm³/mol. The molecular weight excluding hydrogens is 279 g/mol. The number of nitrogens with two attached hydrogens (primary N) is 1. The fourth-order valence-corrected chi connectivity index (χ4v) is 1.97. The highest BCUT2D eigenvalue weighted by Gasteiger charge is 2.15. The molecule has 0 aromatic heterocycles. The van der Waals surface area contributed by atoms with E-state index in [9.17, 15) is 9.18 Å². The van der Waals surface area contributed by atoms with E-state index >= 15 is 0 Å². The first kappa shape index (κ1) is 14.3. The van der Waals surface area contributed by atoms with E-state index in [1.54, 1.807) is 12.1 Å². The van der Waals surface area contributed by atoms with Gasteiger partial charge in [0.15, 0.2) is 0 Å². The zero-order valence-electron chi connectivity index (χ0n) is 10.9. The van der Waals surface area contributed by atoms with E-state index in [1.165, 1.54) is 18.2 Å². The quantitative estimate of drug-likeness (QED) is 0.850. The van der Waals surface area contributed by atoms with Crippen molar-refractivity contribution < 1.29 is 9.18 Å². The summed E-state index contributed by atoms with van der Waals surface area (Å²) in [5.41, 5.74) is 6.45. The Morgan fingerprint density at radius 3 is 2.55 bits per heavy atom. The molecule has 2 aromatic carbocycles. The minimum atomic E-state index is -0.600. The number of halogens is 2. The van der Waals surface area contributed by atoms with Crippen LogP contribution in [-0.2, 0) is 0 Å². The summed E-state index contributed by atoms with van der Waals surface area (Å²) in [4.78, 5) is 12.1. The lowest BCUT2D eigenvalue weighted by molar-refractivity contribution is 0.0940. The van der Waals surface area contributed by atoms with Crippen molar-refractivity contribution >= 4 is 23.2 Å². The molecule has 104 valence electrons. The van der Waals surface area contributed by atoms with Crippen LogP contribution in [0.1, 0.15) is 28.9 Å². The van der Waals surface area contributed by atoms with Crippen molar-refractivity contribution in [3.05, 3.63) is 64.4 Å². The zero-order valence-corrected chi connectivity index (χ0v) is 11.6. The van der Waals surface area contributed by atoms with E-state index < -0.39 is 11.7 Å². The molecule has 20 heavy (non-hydrogen) atoms. The Morgan fingerprint density at radius 1 is 1.25 bits per heavy atom. The highest BCUT2D eigenvalue weighted by Crippen LogP contribution is 2.19. The molecule has 0 bridgehead atoms. The SMILES string of the molecule is CC(NC(=O)c1cccc(F)c1N)c1ccc(Cl)cc1. The fraction of sp³-hybridized carbons (Fsp3) is 0.133. The van der Waals surface area contributed by atoms with Crippen LogP contribution in [0.15, 0.2) is 42.5 Å². The van der Waals surface area contributed by atoms with Gasteiger partial charge in [-0.05, 0) is 36.8 Å². The van der Waals surface area contributed by atoms with Crippen molar-refractivity contribution in [3.63, 3.8) is 0 Å². The van der Waals surface area contributed by atoms with Crippen LogP contribution in [0.5, 0.6) is 0 Å². The van der Waals surface area contributed by atoms with Gasteiger partial charge >= 0.3 is 0 Å². The number of carbonyl (C=O) groups excluding carboxylic acids is 1. The van der Waals surface area contributed by atoms with Gasteiger partial charge in [-0.15, -0.1) is 0 Å². The molecule has 3 nitrogen and oxygen atoms in total. The van der Waals surface area contributed by atoms with Crippen LogP contribution in [-0.4, -0.2) is 5.91 Å². The van der Waals surface area contributed by atoms with Gasteiger partial charge in [-0.1, -0.05) is 29.8 Å². The first-order valence-corrected chi connectivity index (χ1v) is 6.47. The Labute approximate surface area is 121 Å². The molecule has 1 unspecified atom stereocenters. The largest absolute Gasteiger partial charge is 0.396 e. The number of benzene rings is 2. The third-order valence-corrected chi connectivity index (χ3v) is 3.27. The summed E-state index contributed by atoms with van der Waals surface area (Å²) < 4.78 is 13.3. The second-order valence-corrected chi connectivity index (χ2v) is 4.88. The summed E-state index contributed by atoms with van der Waals surface area (Å²) in [6.45, 7) is 1.83. The van der Waals surface area contributed by atoms with Crippen molar-refractivity contribution in [1.29, 1.82) is 0 Å². The van der Waals surface area contributed by atoms with E-state index in [2.05, 4.69) is 5.32 Å². The summed E-state index contributed by atoms with van der Waals surface area (Å²) in [6.07, 6.45) is 0. The van der Waals surface area contributed by atoms with E-state index in [4.69, 9.17) is 17.3 Å². The van der Waals surface area contributed by atoms with Crippen molar-refractivity contribution in [2.45, 2.75) is 13.0 Å². The minimum Gasteiger partial charge on any atom is -0.396 e. The van der Waals surface area contributed by atoms with Crippen molar-refractivity contribution in [3.8, 4) is 0 Å². The van der Waals surface area contributed by atoms with Crippen LogP contribution < -0.4 is 11.1 Å². The molecule has 0 aliphatic rings. The third-order valence-electron chi connectivity index (χ3n) is 3.02. The lowest BCUT2D eigenvalue weighted by Gasteiger charge is -2.15. The maximum absolute atomic E-state index is 13.3. The average Bonchev–Trinajstić information content (AvgIpc) is 2.42. The highest BCUT2D eigenvalue weighted by atomic mass is 35.5. The second kappa shape index (κ2) is 5.92. The second-order valence-electron chi connectivity index (χ2n) is 4.45. The Hall–Kier alpha value is -2.07. The van der Waals surface area contributed by atoms with Crippen LogP contribution in [0, 0.1) is 5.82 Å². The maximum atomic E-state index is 13.3. The summed E-state index contributed by atoms with van der Waals surface area (Å²) >= 11 is 5.81. The first-order valence-electron chi connectivity index (χ1n) is 6.09. The van der Waals surface area contributed by atoms with Gasteiger partial charge in [0.2, 0.25) is 0 Å². The summed E-state index contributed by atoms with van der Waals surface area (Å²) in [6, 6.07) is 11.1. The Morgan fingerprint density at radius 2 is 1.90 bits per heavy atom. The molecule has 2 rings (SSSR count). The maximum Gasteiger partial charge on any atom is 0.253 e. The molecule has 5 heteroatoms. The van der Waals surface area contributed by atoms with Crippen molar-refractivity contribution in [2.24, 2.45) is 0 Å². The molecule has 0 fully saturated rings. The molecule has 0 aliphatic heterocycles. The Bertz CT molecular complexity index is 628. The van der Waals surface area contributed by atoms with E-state index in [0.29, 0.717) is 5.02 Å². The molecule has 0 saturated carbocycles. The molecule has 0 radical (unpaired) electrons. The van der Waals surface area contributed by atoms with Gasteiger partial charge in [0.25, 0.3) is 5.91 Å². The zero-order chi connectivity index (χ0) is 14.7. The number of nitrogens with one attached hydrogen (secondary N) is 1. The standard InChI is InChI=1S/C15H14ClFN2O/c1-9(10-5-7-11(16)8-6-10)19-15(20)12-3-2-4-13(17)14(12)18/h2-9H,18H2,1H3,(H,19,20). The smallest absolute Gasteiger partial charge is 0.253 e. The van der Waals surface area contributed by atoms with Crippen LogP contribution in [0.2, 0.25) is 5.02 Å². The Balaban J connectivity index is 2.15. The van der Waals surface area contributed by atoms with Gasteiger partial charge in [-0.3, -0.25) is 4.79 Å². The molecule has 1 amide bonds. The monoisotopic (exact) mass is 292 g/mol. The summed E-state index contributed by atoms with van der Waals surface area (Å²) in [5.74, 6) is -1.01. The highest BCUT2D eigenvalue weighted by molar-refractivity contribution is 6.30. The van der Waals surface area contributed by atoms with Crippen LogP contribution >= 0.6 is 11.6 Å². The number of nitrogen functional groups attached to an aromatic ring is 1.